The van der Waals surface area contributed by atoms with Crippen LogP contribution in [0.15, 0.2) is 48.5 Å². The molecule has 0 aromatic heterocycles. The number of anilines is 1. The summed E-state index contributed by atoms with van der Waals surface area (Å²) in [4.78, 5) is 25.0. The Kier molecular flexibility index (Phi) is 6.60. The van der Waals surface area contributed by atoms with Gasteiger partial charge in [-0.25, -0.2) is 0 Å². The average molecular weight is 356 g/mol. The number of rotatable bonds is 7. The number of carbonyl (C=O) groups is 2. The molecule has 1 atom stereocenters. The minimum absolute atomic E-state index is 0.0737. The predicted octanol–water partition coefficient (Wildman–Crippen LogP) is 3.10. The summed E-state index contributed by atoms with van der Waals surface area (Å²) in [7, 11) is 3.14. The van der Waals surface area contributed by atoms with Gasteiger partial charge in [-0.3, -0.25) is 9.59 Å². The maximum Gasteiger partial charge on any atom is 0.251 e. The highest BCUT2D eigenvalue weighted by molar-refractivity contribution is 6.01. The van der Waals surface area contributed by atoms with Crippen molar-refractivity contribution in [1.29, 1.82) is 0 Å². The third kappa shape index (κ3) is 4.99. The van der Waals surface area contributed by atoms with E-state index in [1.165, 1.54) is 0 Å². The molecule has 0 saturated heterocycles. The summed E-state index contributed by atoms with van der Waals surface area (Å²) in [5, 5.41) is 5.62. The molecule has 0 saturated carbocycles. The molecule has 26 heavy (non-hydrogen) atoms. The van der Waals surface area contributed by atoms with E-state index in [0.717, 1.165) is 0 Å². The molecule has 0 spiro atoms. The zero-order valence-electron chi connectivity index (χ0n) is 15.4. The van der Waals surface area contributed by atoms with E-state index in [-0.39, 0.29) is 17.7 Å². The molecule has 0 fully saturated rings. The van der Waals surface area contributed by atoms with E-state index in [9.17, 15) is 9.59 Å². The summed E-state index contributed by atoms with van der Waals surface area (Å²) in [5.41, 5.74) is 1.11. The van der Waals surface area contributed by atoms with Crippen molar-refractivity contribution >= 4 is 17.5 Å². The minimum Gasteiger partial charge on any atom is -0.497 e. The Hall–Kier alpha value is -3.02. The molecule has 138 valence electrons. The van der Waals surface area contributed by atoms with Gasteiger partial charge in [-0.1, -0.05) is 13.8 Å². The lowest BCUT2D eigenvalue weighted by molar-refractivity contribution is -0.118. The van der Waals surface area contributed by atoms with E-state index in [1.807, 2.05) is 13.8 Å². The molecule has 0 radical (unpaired) electrons. The van der Waals surface area contributed by atoms with Crippen molar-refractivity contribution in [2.75, 3.05) is 19.5 Å². The first kappa shape index (κ1) is 19.3. The Morgan fingerprint density at radius 2 is 1.35 bits per heavy atom. The van der Waals surface area contributed by atoms with E-state index in [0.29, 0.717) is 22.7 Å². The first-order valence-electron chi connectivity index (χ1n) is 8.34. The van der Waals surface area contributed by atoms with Crippen molar-refractivity contribution in [1.82, 2.24) is 5.32 Å². The first-order valence-corrected chi connectivity index (χ1v) is 8.34. The second kappa shape index (κ2) is 8.89. The molecule has 0 unspecified atom stereocenters. The number of amides is 2. The lowest BCUT2D eigenvalue weighted by Crippen LogP contribution is -2.47. The molecule has 0 heterocycles. The highest BCUT2D eigenvalue weighted by Crippen LogP contribution is 2.16. The number of nitrogens with one attached hydrogen (secondary N) is 2. The van der Waals surface area contributed by atoms with Gasteiger partial charge in [0.15, 0.2) is 0 Å². The van der Waals surface area contributed by atoms with Crippen LogP contribution < -0.4 is 20.1 Å². The minimum atomic E-state index is -0.660. The number of ether oxygens (including phenoxy) is 2. The van der Waals surface area contributed by atoms with Gasteiger partial charge in [0.1, 0.15) is 17.5 Å². The van der Waals surface area contributed by atoms with Gasteiger partial charge in [-0.2, -0.15) is 0 Å². The SMILES string of the molecule is COc1ccc(NC(=O)[C@@H](NC(=O)c2ccc(OC)cc2)C(C)C)cc1. The van der Waals surface area contributed by atoms with E-state index in [1.54, 1.807) is 62.8 Å². The zero-order valence-corrected chi connectivity index (χ0v) is 15.4. The molecule has 6 heteroatoms. The maximum atomic E-state index is 12.6. The molecule has 0 aliphatic heterocycles. The van der Waals surface area contributed by atoms with Gasteiger partial charge in [0.05, 0.1) is 14.2 Å². The fourth-order valence-corrected chi connectivity index (χ4v) is 2.40. The van der Waals surface area contributed by atoms with E-state index in [2.05, 4.69) is 10.6 Å². The van der Waals surface area contributed by atoms with Crippen LogP contribution in [0.2, 0.25) is 0 Å². The van der Waals surface area contributed by atoms with Crippen LogP contribution in [0.5, 0.6) is 11.5 Å². The van der Waals surface area contributed by atoms with Gasteiger partial charge < -0.3 is 20.1 Å². The second-order valence-corrected chi connectivity index (χ2v) is 6.14. The molecule has 0 bridgehead atoms. The van der Waals surface area contributed by atoms with Crippen LogP contribution in [0.25, 0.3) is 0 Å². The standard InChI is InChI=1S/C20H24N2O4/c1-13(2)18(20(24)21-15-7-11-17(26-4)12-8-15)22-19(23)14-5-9-16(25-3)10-6-14/h5-13,18H,1-4H3,(H,21,24)(H,22,23)/t18-/m0/s1. The zero-order chi connectivity index (χ0) is 19.1. The summed E-state index contributed by atoms with van der Waals surface area (Å²) in [6, 6.07) is 13.1. The van der Waals surface area contributed by atoms with Crippen molar-refractivity contribution in [2.45, 2.75) is 19.9 Å². The van der Waals surface area contributed by atoms with Crippen LogP contribution in [0.1, 0.15) is 24.2 Å². The normalized spacial score (nSPS) is 11.6. The van der Waals surface area contributed by atoms with Gasteiger partial charge in [0, 0.05) is 11.3 Å². The number of benzene rings is 2. The van der Waals surface area contributed by atoms with Crippen LogP contribution in [-0.4, -0.2) is 32.1 Å². The highest BCUT2D eigenvalue weighted by Gasteiger charge is 2.24. The van der Waals surface area contributed by atoms with Crippen LogP contribution >= 0.6 is 0 Å². The van der Waals surface area contributed by atoms with Gasteiger partial charge in [-0.05, 0) is 54.4 Å². The quantitative estimate of drug-likeness (QED) is 0.799. The first-order chi connectivity index (χ1) is 12.4. The predicted molar refractivity (Wildman–Crippen MR) is 101 cm³/mol. The number of hydrogen-bond donors (Lipinski definition) is 2. The van der Waals surface area contributed by atoms with Gasteiger partial charge in [0.2, 0.25) is 5.91 Å². The fourth-order valence-electron chi connectivity index (χ4n) is 2.40. The van der Waals surface area contributed by atoms with Crippen LogP contribution in [0.3, 0.4) is 0 Å². The second-order valence-electron chi connectivity index (χ2n) is 6.14. The van der Waals surface area contributed by atoms with E-state index >= 15 is 0 Å². The van der Waals surface area contributed by atoms with E-state index < -0.39 is 6.04 Å². The molecule has 2 aromatic rings. The molecule has 2 N–H and O–H groups in total. The molecule has 2 rings (SSSR count). The molecule has 2 aromatic carbocycles. The van der Waals surface area contributed by atoms with Gasteiger partial charge >= 0.3 is 0 Å². The summed E-state index contributed by atoms with van der Waals surface area (Å²) in [6.45, 7) is 3.76. The summed E-state index contributed by atoms with van der Waals surface area (Å²) in [6.07, 6.45) is 0. The number of carbonyl (C=O) groups excluding carboxylic acids is 2. The summed E-state index contributed by atoms with van der Waals surface area (Å²) in [5.74, 6) is 0.717. The molecule has 6 nitrogen and oxygen atoms in total. The number of hydrogen-bond acceptors (Lipinski definition) is 4. The molecular formula is C20H24N2O4. The molecule has 2 amide bonds. The van der Waals surface area contributed by atoms with Crippen molar-refractivity contribution in [3.63, 3.8) is 0 Å². The van der Waals surface area contributed by atoms with Crippen molar-refractivity contribution < 1.29 is 19.1 Å². The molecular weight excluding hydrogens is 332 g/mol. The highest BCUT2D eigenvalue weighted by atomic mass is 16.5. The van der Waals surface area contributed by atoms with Crippen molar-refractivity contribution in [3.05, 3.63) is 54.1 Å². The Labute approximate surface area is 153 Å². The van der Waals surface area contributed by atoms with Crippen LogP contribution in [-0.2, 0) is 4.79 Å². The Morgan fingerprint density at radius 1 is 0.846 bits per heavy atom. The lowest BCUT2D eigenvalue weighted by Gasteiger charge is -2.22. The lowest BCUT2D eigenvalue weighted by atomic mass is 10.0. The Bertz CT molecular complexity index is 739. The van der Waals surface area contributed by atoms with E-state index in [4.69, 9.17) is 9.47 Å². The third-order valence-electron chi connectivity index (χ3n) is 3.95. The van der Waals surface area contributed by atoms with Crippen LogP contribution in [0, 0.1) is 5.92 Å². The van der Waals surface area contributed by atoms with Crippen molar-refractivity contribution in [2.24, 2.45) is 5.92 Å². The van der Waals surface area contributed by atoms with Crippen molar-refractivity contribution in [3.8, 4) is 11.5 Å². The Morgan fingerprint density at radius 3 is 1.81 bits per heavy atom. The Balaban J connectivity index is 2.06. The smallest absolute Gasteiger partial charge is 0.251 e. The van der Waals surface area contributed by atoms with Gasteiger partial charge in [0.25, 0.3) is 5.91 Å². The number of methoxy groups -OCH3 is 2. The average Bonchev–Trinajstić information content (AvgIpc) is 2.66. The largest absolute Gasteiger partial charge is 0.497 e. The van der Waals surface area contributed by atoms with Gasteiger partial charge in [-0.15, -0.1) is 0 Å². The monoisotopic (exact) mass is 356 g/mol. The topological polar surface area (TPSA) is 76.7 Å². The third-order valence-corrected chi connectivity index (χ3v) is 3.95. The van der Waals surface area contributed by atoms with Crippen LogP contribution in [0.4, 0.5) is 5.69 Å². The molecule has 0 aliphatic carbocycles. The molecule has 0 aliphatic rings. The summed E-state index contributed by atoms with van der Waals surface area (Å²) < 4.78 is 10.2. The summed E-state index contributed by atoms with van der Waals surface area (Å²) >= 11 is 0. The fraction of sp³-hybridized carbons (Fsp3) is 0.300. The maximum absolute atomic E-state index is 12.6.